The SMILES string of the molecule is COC(C=O)C(OC=O)O[C@H](C=O)OC1CC(CO)O[C@@H](C)[C@H]1NC(C)=O.CO[C@@H]1C(OC=O)O[C@@H](OC2CC(CO)O[C@@H](C)[C@H]2NC(C)=O)[C@@H](O)C1O. The number of carbonyl (C=O) groups excluding carboxylic acids is 6. The highest BCUT2D eigenvalue weighted by molar-refractivity contribution is 5.73. The number of hydrogen-bond donors (Lipinski definition) is 6. The molecule has 0 saturated carbocycles. The first-order valence-electron chi connectivity index (χ1n) is 16.9. The van der Waals surface area contributed by atoms with E-state index in [0.29, 0.717) is 12.6 Å². The summed E-state index contributed by atoms with van der Waals surface area (Å²) in [5, 5.41) is 44.7. The molecule has 3 aliphatic heterocycles. The van der Waals surface area contributed by atoms with Crippen molar-refractivity contribution >= 4 is 37.3 Å². The number of aldehydes is 2. The number of ether oxygens (including phenoxy) is 10. The first-order valence-corrected chi connectivity index (χ1v) is 16.9. The monoisotopic (exact) mass is 784 g/mol. The Balaban J connectivity index is 0.000000373. The largest absolute Gasteiger partial charge is 0.435 e. The zero-order chi connectivity index (χ0) is 40.5. The third-order valence-corrected chi connectivity index (χ3v) is 8.59. The topological polar surface area (TPSA) is 300 Å². The van der Waals surface area contributed by atoms with Gasteiger partial charge in [0.15, 0.2) is 25.0 Å². The van der Waals surface area contributed by atoms with E-state index in [0.717, 1.165) is 0 Å². The van der Waals surface area contributed by atoms with Gasteiger partial charge >= 0.3 is 0 Å². The van der Waals surface area contributed by atoms with Crippen LogP contribution in [0, 0.1) is 0 Å². The Labute approximate surface area is 310 Å². The van der Waals surface area contributed by atoms with Crippen molar-refractivity contribution in [3.8, 4) is 0 Å². The van der Waals surface area contributed by atoms with Gasteiger partial charge in [-0.2, -0.15) is 0 Å². The lowest BCUT2D eigenvalue weighted by Crippen LogP contribution is -2.63. The number of aliphatic hydroxyl groups is 4. The molecule has 0 aliphatic carbocycles. The van der Waals surface area contributed by atoms with Crippen molar-refractivity contribution in [2.45, 2.75) is 139 Å². The van der Waals surface area contributed by atoms with Gasteiger partial charge in [0, 0.05) is 40.9 Å². The molecule has 0 aromatic heterocycles. The molecule has 16 atom stereocenters. The van der Waals surface area contributed by atoms with Crippen LogP contribution in [0.15, 0.2) is 0 Å². The minimum Gasteiger partial charge on any atom is -0.435 e. The zero-order valence-corrected chi connectivity index (χ0v) is 30.7. The van der Waals surface area contributed by atoms with E-state index >= 15 is 0 Å². The van der Waals surface area contributed by atoms with Crippen LogP contribution in [0.1, 0.15) is 40.5 Å². The summed E-state index contributed by atoms with van der Waals surface area (Å²) in [5.74, 6) is -0.643. The lowest BCUT2D eigenvalue weighted by Gasteiger charge is -2.45. The van der Waals surface area contributed by atoms with Gasteiger partial charge in [-0.25, -0.2) is 0 Å². The molecule has 6 N–H and O–H groups in total. The summed E-state index contributed by atoms with van der Waals surface area (Å²) in [6.07, 6.45) is -13.5. The second kappa shape index (κ2) is 23.6. The average molecular weight is 785 g/mol. The summed E-state index contributed by atoms with van der Waals surface area (Å²) in [6, 6.07) is -1.20. The molecular formula is C32H52N2O20. The molecule has 3 heterocycles. The van der Waals surface area contributed by atoms with E-state index in [1.807, 2.05) is 0 Å². The fourth-order valence-electron chi connectivity index (χ4n) is 6.09. The van der Waals surface area contributed by atoms with E-state index in [1.54, 1.807) is 13.8 Å². The number of nitrogens with one attached hydrogen (secondary N) is 2. The van der Waals surface area contributed by atoms with E-state index in [-0.39, 0.29) is 50.8 Å². The first kappa shape index (κ1) is 46.9. The Morgan fingerprint density at radius 2 is 1.35 bits per heavy atom. The third kappa shape index (κ3) is 13.5. The maximum absolute atomic E-state index is 11.5. The normalized spacial score (nSPS) is 35.4. The molecule has 0 aromatic rings. The summed E-state index contributed by atoms with van der Waals surface area (Å²) in [6.45, 7) is 5.70. The van der Waals surface area contributed by atoms with Crippen molar-refractivity contribution in [1.29, 1.82) is 0 Å². The number of hydrogen-bond acceptors (Lipinski definition) is 20. The highest BCUT2D eigenvalue weighted by Crippen LogP contribution is 2.30. The Hall–Kier alpha value is -3.26. The highest BCUT2D eigenvalue weighted by Gasteiger charge is 2.49. The van der Waals surface area contributed by atoms with Crippen LogP contribution < -0.4 is 10.6 Å². The summed E-state index contributed by atoms with van der Waals surface area (Å²) in [4.78, 5) is 66.6. The Kier molecular flexibility index (Phi) is 20.5. The molecule has 0 spiro atoms. The summed E-state index contributed by atoms with van der Waals surface area (Å²) >= 11 is 0. The maximum atomic E-state index is 11.5. The van der Waals surface area contributed by atoms with Gasteiger partial charge in [-0.05, 0) is 13.8 Å². The van der Waals surface area contributed by atoms with Crippen LogP contribution in [0.25, 0.3) is 0 Å². The van der Waals surface area contributed by atoms with E-state index in [9.17, 15) is 49.2 Å². The minimum atomic E-state index is -1.53. The molecule has 22 nitrogen and oxygen atoms in total. The smallest absolute Gasteiger partial charge is 0.295 e. The fourth-order valence-corrected chi connectivity index (χ4v) is 6.09. The van der Waals surface area contributed by atoms with E-state index in [2.05, 4.69) is 15.4 Å². The zero-order valence-electron chi connectivity index (χ0n) is 30.7. The summed E-state index contributed by atoms with van der Waals surface area (Å²) in [5.41, 5.74) is 0. The maximum Gasteiger partial charge on any atom is 0.295 e. The second-order valence-corrected chi connectivity index (χ2v) is 12.4. The van der Waals surface area contributed by atoms with Crippen molar-refractivity contribution in [1.82, 2.24) is 10.6 Å². The Bertz CT molecular complexity index is 1180. The Morgan fingerprint density at radius 1 is 0.796 bits per heavy atom. The minimum absolute atomic E-state index is 0.0421. The predicted molar refractivity (Wildman–Crippen MR) is 174 cm³/mol. The van der Waals surface area contributed by atoms with E-state index in [1.165, 1.54) is 28.1 Å². The molecule has 3 rings (SSSR count). The molecule has 3 aliphatic rings. The van der Waals surface area contributed by atoms with Gasteiger partial charge in [0.1, 0.15) is 18.3 Å². The highest BCUT2D eigenvalue weighted by atomic mass is 16.8. The Morgan fingerprint density at radius 3 is 1.80 bits per heavy atom. The van der Waals surface area contributed by atoms with Crippen molar-refractivity contribution in [3.05, 3.63) is 0 Å². The van der Waals surface area contributed by atoms with Gasteiger partial charge in [-0.3, -0.25) is 24.0 Å². The number of methoxy groups -OCH3 is 2. The molecule has 54 heavy (non-hydrogen) atoms. The van der Waals surface area contributed by atoms with E-state index < -0.39 is 98.3 Å². The number of aliphatic hydroxyl groups excluding tert-OH is 4. The van der Waals surface area contributed by atoms with Crippen LogP contribution in [0.3, 0.4) is 0 Å². The van der Waals surface area contributed by atoms with Crippen molar-refractivity contribution in [2.24, 2.45) is 0 Å². The first-order chi connectivity index (χ1) is 25.7. The van der Waals surface area contributed by atoms with Gasteiger partial charge in [0.05, 0.1) is 61.9 Å². The van der Waals surface area contributed by atoms with Crippen LogP contribution in [-0.2, 0) is 76.1 Å². The molecule has 3 saturated heterocycles. The molecule has 0 aromatic carbocycles. The van der Waals surface area contributed by atoms with Crippen LogP contribution >= 0.6 is 0 Å². The summed E-state index contributed by atoms with van der Waals surface area (Å²) < 4.78 is 52.5. The van der Waals surface area contributed by atoms with Crippen molar-refractivity contribution < 1.29 is 96.6 Å². The lowest BCUT2D eigenvalue weighted by atomic mass is 9.95. The average Bonchev–Trinajstić information content (AvgIpc) is 3.13. The number of rotatable bonds is 19. The van der Waals surface area contributed by atoms with E-state index in [4.69, 9.17) is 42.6 Å². The van der Waals surface area contributed by atoms with Crippen molar-refractivity contribution in [3.63, 3.8) is 0 Å². The van der Waals surface area contributed by atoms with Crippen LogP contribution in [0.2, 0.25) is 0 Å². The molecule has 310 valence electrons. The third-order valence-electron chi connectivity index (χ3n) is 8.59. The quantitative estimate of drug-likeness (QED) is 0.0536. The molecule has 2 amide bonds. The molecule has 0 bridgehead atoms. The molecule has 8 unspecified atom stereocenters. The number of amides is 2. The molecule has 3 fully saturated rings. The van der Waals surface area contributed by atoms with Gasteiger partial charge in [0.25, 0.3) is 12.9 Å². The number of carbonyl (C=O) groups is 6. The van der Waals surface area contributed by atoms with Crippen LogP contribution in [0.5, 0.6) is 0 Å². The molecule has 0 radical (unpaired) electrons. The second-order valence-electron chi connectivity index (χ2n) is 12.4. The fraction of sp³-hybridized carbons (Fsp3) is 0.812. The van der Waals surface area contributed by atoms with Gasteiger partial charge in [-0.15, -0.1) is 0 Å². The molecular weight excluding hydrogens is 732 g/mol. The summed E-state index contributed by atoms with van der Waals surface area (Å²) in [7, 11) is 2.46. The lowest BCUT2D eigenvalue weighted by molar-refractivity contribution is -0.355. The van der Waals surface area contributed by atoms with Gasteiger partial charge < -0.3 is 83.2 Å². The molecule has 22 heteroatoms. The predicted octanol–water partition coefficient (Wildman–Crippen LogP) is -4.06. The van der Waals surface area contributed by atoms with Gasteiger partial charge in [-0.1, -0.05) is 0 Å². The standard InChI is InChI=1S/C16H27NO10.C16H25NO10/c1-7-11(17-8(2)20)10(4-9(5-18)25-7)26-15-13(22)12(21)14(23-3)16(27-15)24-6-19;1-9-15(17-10(2)22)12(4-11(5-18)25-9)26-14(7-20)27-16(24-8-21)13(6-19)23-3/h6-7,9-16,18,21-22H,4-5H2,1-3H3,(H,17,20);6-9,11-16,18H,4-5H2,1-3H3,(H,17,22)/t7-,9?,10?,11+,12?,13-,14-,15+,16?;9-,11?,12?,13?,14+,15+,16?/m00/s1. The van der Waals surface area contributed by atoms with Crippen LogP contribution in [0.4, 0.5) is 0 Å². The van der Waals surface area contributed by atoms with Gasteiger partial charge in [0.2, 0.25) is 30.7 Å². The van der Waals surface area contributed by atoms with Crippen molar-refractivity contribution in [2.75, 3.05) is 27.4 Å². The van der Waals surface area contributed by atoms with Crippen LogP contribution in [-0.4, -0.2) is 183 Å².